The Hall–Kier alpha value is -1.08. The number of halogens is 2. The van der Waals surface area contributed by atoms with Crippen LogP contribution in [0.1, 0.15) is 5.56 Å². The molecule has 0 bridgehead atoms. The molecule has 0 saturated heterocycles. The fourth-order valence-corrected chi connectivity index (χ4v) is 2.12. The van der Waals surface area contributed by atoms with Crippen LogP contribution in [0.5, 0.6) is 0 Å². The molecule has 0 spiro atoms. The van der Waals surface area contributed by atoms with Crippen molar-refractivity contribution in [1.29, 1.82) is 0 Å². The fourth-order valence-electron chi connectivity index (χ4n) is 1.49. The Labute approximate surface area is 134 Å². The van der Waals surface area contributed by atoms with Gasteiger partial charge < -0.3 is 10.6 Å². The zero-order chi connectivity index (χ0) is 13.7. The van der Waals surface area contributed by atoms with Crippen LogP contribution in [0.25, 0.3) is 0 Å². The lowest BCUT2D eigenvalue weighted by molar-refractivity contribution is 0.251. The van der Waals surface area contributed by atoms with Crippen LogP contribution in [0.15, 0.2) is 53.0 Å². The van der Waals surface area contributed by atoms with Crippen molar-refractivity contribution in [3.05, 3.63) is 62.1 Å². The fraction of sp³-hybridized carbons (Fsp3) is 0.0714. The van der Waals surface area contributed by atoms with E-state index >= 15 is 0 Å². The second-order valence-electron chi connectivity index (χ2n) is 3.94. The van der Waals surface area contributed by atoms with Crippen LogP contribution in [-0.4, -0.2) is 6.03 Å². The van der Waals surface area contributed by atoms with Gasteiger partial charge in [-0.05, 0) is 64.6 Å². The number of rotatable bonds is 3. The molecule has 19 heavy (non-hydrogen) atoms. The molecule has 2 aromatic carbocycles. The first-order valence-corrected chi connectivity index (χ1v) is 7.55. The number of hydrogen-bond acceptors (Lipinski definition) is 1. The highest BCUT2D eigenvalue weighted by molar-refractivity contribution is 14.1. The van der Waals surface area contributed by atoms with Gasteiger partial charge in [0, 0.05) is 20.3 Å². The third-order valence-corrected chi connectivity index (χ3v) is 3.72. The predicted octanol–water partition coefficient (Wildman–Crippen LogP) is 4.38. The zero-order valence-corrected chi connectivity index (χ0v) is 13.7. The predicted molar refractivity (Wildman–Crippen MR) is 89.2 cm³/mol. The van der Waals surface area contributed by atoms with E-state index in [1.165, 1.54) is 0 Å². The second kappa shape index (κ2) is 6.91. The van der Waals surface area contributed by atoms with Crippen molar-refractivity contribution in [2.45, 2.75) is 6.54 Å². The molecule has 0 radical (unpaired) electrons. The van der Waals surface area contributed by atoms with Crippen LogP contribution in [0, 0.1) is 3.57 Å². The Morgan fingerprint density at radius 2 is 1.68 bits per heavy atom. The van der Waals surface area contributed by atoms with E-state index < -0.39 is 0 Å². The average molecular weight is 431 g/mol. The monoisotopic (exact) mass is 430 g/mol. The van der Waals surface area contributed by atoms with Gasteiger partial charge >= 0.3 is 6.03 Å². The molecule has 0 aliphatic rings. The zero-order valence-electron chi connectivity index (χ0n) is 9.99. The Bertz CT molecular complexity index is 555. The van der Waals surface area contributed by atoms with Crippen LogP contribution in [0.3, 0.4) is 0 Å². The standard InChI is InChI=1S/C14H12BrIN2O/c15-11-3-1-10(2-4-11)9-17-14(19)18-13-7-5-12(16)6-8-13/h1-8H,9H2,(H2,17,18,19). The first kappa shape index (κ1) is 14.3. The van der Waals surface area contributed by atoms with Crippen LogP contribution in [0.4, 0.5) is 10.5 Å². The van der Waals surface area contributed by atoms with E-state index in [2.05, 4.69) is 49.2 Å². The highest BCUT2D eigenvalue weighted by Crippen LogP contribution is 2.12. The molecular formula is C14H12BrIN2O. The lowest BCUT2D eigenvalue weighted by atomic mass is 10.2. The van der Waals surface area contributed by atoms with E-state index in [-0.39, 0.29) is 6.03 Å². The minimum Gasteiger partial charge on any atom is -0.334 e. The minimum atomic E-state index is -0.205. The number of urea groups is 1. The molecule has 2 aromatic rings. The van der Waals surface area contributed by atoms with E-state index in [9.17, 15) is 4.79 Å². The molecule has 98 valence electrons. The summed E-state index contributed by atoms with van der Waals surface area (Å²) in [5.41, 5.74) is 1.84. The highest BCUT2D eigenvalue weighted by Gasteiger charge is 2.01. The summed E-state index contributed by atoms with van der Waals surface area (Å²) in [6.45, 7) is 0.503. The highest BCUT2D eigenvalue weighted by atomic mass is 127. The van der Waals surface area contributed by atoms with Gasteiger partial charge in [-0.15, -0.1) is 0 Å². The molecule has 0 aliphatic heterocycles. The number of nitrogens with one attached hydrogen (secondary N) is 2. The van der Waals surface area contributed by atoms with Gasteiger partial charge in [0.25, 0.3) is 0 Å². The summed E-state index contributed by atoms with van der Waals surface area (Å²) in [4.78, 5) is 11.7. The first-order valence-electron chi connectivity index (χ1n) is 5.68. The van der Waals surface area contributed by atoms with E-state index in [1.54, 1.807) is 0 Å². The molecule has 0 fully saturated rings. The van der Waals surface area contributed by atoms with Crippen LogP contribution in [0.2, 0.25) is 0 Å². The molecule has 0 unspecified atom stereocenters. The molecule has 3 nitrogen and oxygen atoms in total. The summed E-state index contributed by atoms with van der Waals surface area (Å²) in [5, 5.41) is 5.60. The molecule has 0 saturated carbocycles. The largest absolute Gasteiger partial charge is 0.334 e. The number of carbonyl (C=O) groups is 1. The van der Waals surface area contributed by atoms with Gasteiger partial charge in [0.1, 0.15) is 0 Å². The molecule has 0 aliphatic carbocycles. The lowest BCUT2D eigenvalue weighted by Crippen LogP contribution is -2.28. The molecule has 2 N–H and O–H groups in total. The van der Waals surface area contributed by atoms with E-state index in [0.717, 1.165) is 19.3 Å². The first-order chi connectivity index (χ1) is 9.13. The SMILES string of the molecule is O=C(NCc1ccc(Br)cc1)Nc1ccc(I)cc1. The number of benzene rings is 2. The number of carbonyl (C=O) groups excluding carboxylic acids is 1. The van der Waals surface area contributed by atoms with Crippen molar-refractivity contribution in [3.63, 3.8) is 0 Å². The van der Waals surface area contributed by atoms with Gasteiger partial charge in [-0.3, -0.25) is 0 Å². The topological polar surface area (TPSA) is 41.1 Å². The number of hydrogen-bond donors (Lipinski definition) is 2. The summed E-state index contributed by atoms with van der Waals surface area (Å²) in [6.07, 6.45) is 0. The number of amides is 2. The second-order valence-corrected chi connectivity index (χ2v) is 6.10. The summed E-state index contributed by atoms with van der Waals surface area (Å²) in [7, 11) is 0. The Kier molecular flexibility index (Phi) is 5.21. The Morgan fingerprint density at radius 1 is 1.05 bits per heavy atom. The lowest BCUT2D eigenvalue weighted by Gasteiger charge is -2.08. The Balaban J connectivity index is 1.84. The van der Waals surface area contributed by atoms with Gasteiger partial charge in [-0.1, -0.05) is 28.1 Å². The van der Waals surface area contributed by atoms with Crippen molar-refractivity contribution in [2.24, 2.45) is 0 Å². The maximum absolute atomic E-state index is 11.7. The van der Waals surface area contributed by atoms with Crippen molar-refractivity contribution in [1.82, 2.24) is 5.32 Å². The van der Waals surface area contributed by atoms with Gasteiger partial charge in [0.15, 0.2) is 0 Å². The molecule has 2 amide bonds. The molecule has 0 heterocycles. The molecule has 5 heteroatoms. The number of anilines is 1. The summed E-state index contributed by atoms with van der Waals surface area (Å²) < 4.78 is 2.16. The van der Waals surface area contributed by atoms with E-state index in [0.29, 0.717) is 6.54 Å². The third-order valence-electron chi connectivity index (χ3n) is 2.47. The maximum atomic E-state index is 11.7. The van der Waals surface area contributed by atoms with E-state index in [4.69, 9.17) is 0 Å². The smallest absolute Gasteiger partial charge is 0.319 e. The van der Waals surface area contributed by atoms with Crippen molar-refractivity contribution < 1.29 is 4.79 Å². The average Bonchev–Trinajstić information content (AvgIpc) is 2.41. The van der Waals surface area contributed by atoms with Gasteiger partial charge in [0.05, 0.1) is 0 Å². The minimum absolute atomic E-state index is 0.205. The normalized spacial score (nSPS) is 10.0. The molecule has 0 aromatic heterocycles. The molecule has 2 rings (SSSR count). The van der Waals surface area contributed by atoms with Crippen molar-refractivity contribution >= 4 is 50.2 Å². The summed E-state index contributed by atoms with van der Waals surface area (Å²) in [6, 6.07) is 15.3. The van der Waals surface area contributed by atoms with Gasteiger partial charge in [-0.25, -0.2) is 4.79 Å². The van der Waals surface area contributed by atoms with Crippen LogP contribution < -0.4 is 10.6 Å². The Morgan fingerprint density at radius 3 is 2.32 bits per heavy atom. The van der Waals surface area contributed by atoms with Crippen LogP contribution >= 0.6 is 38.5 Å². The van der Waals surface area contributed by atoms with Gasteiger partial charge in [-0.2, -0.15) is 0 Å². The third kappa shape index (κ3) is 4.83. The summed E-state index contributed by atoms with van der Waals surface area (Å²) >= 11 is 5.60. The van der Waals surface area contributed by atoms with Crippen molar-refractivity contribution in [3.8, 4) is 0 Å². The molecule has 0 atom stereocenters. The maximum Gasteiger partial charge on any atom is 0.319 e. The van der Waals surface area contributed by atoms with E-state index in [1.807, 2.05) is 48.5 Å². The summed E-state index contributed by atoms with van der Waals surface area (Å²) in [5.74, 6) is 0. The van der Waals surface area contributed by atoms with Gasteiger partial charge in [0.2, 0.25) is 0 Å². The van der Waals surface area contributed by atoms with Crippen molar-refractivity contribution in [2.75, 3.05) is 5.32 Å². The quantitative estimate of drug-likeness (QED) is 0.697. The van der Waals surface area contributed by atoms with Crippen LogP contribution in [-0.2, 0) is 6.54 Å². The molecular weight excluding hydrogens is 419 g/mol.